The van der Waals surface area contributed by atoms with E-state index in [0.29, 0.717) is 19.3 Å². The van der Waals surface area contributed by atoms with Gasteiger partial charge in [-0.25, -0.2) is 4.79 Å². The highest BCUT2D eigenvalue weighted by atomic mass is 16.7. The van der Waals surface area contributed by atoms with E-state index in [1.807, 2.05) is 0 Å². The van der Waals surface area contributed by atoms with E-state index in [1.54, 1.807) is 0 Å². The van der Waals surface area contributed by atoms with Gasteiger partial charge in [-0.1, -0.05) is 196 Å². The molecule has 0 radical (unpaired) electrons. The van der Waals surface area contributed by atoms with E-state index in [0.717, 1.165) is 116 Å². The predicted octanol–water partition coefficient (Wildman–Crippen LogP) is 15.3. The zero-order chi connectivity index (χ0) is 54.7. The highest BCUT2D eigenvalue weighted by Crippen LogP contribution is 2.26. The molecular weight excluding hydrogens is 949 g/mol. The molecule has 1 saturated heterocycles. The van der Waals surface area contributed by atoms with Crippen molar-refractivity contribution in [3.63, 3.8) is 0 Å². The number of carboxylic acid groups (broad SMARTS) is 1. The smallest absolute Gasteiger partial charge is 0.335 e. The Hall–Kier alpha value is -3.84. The fraction of sp³-hybridized carbons (Fsp3) is 0.746. The number of aliphatic carboxylic acids is 1. The van der Waals surface area contributed by atoms with Gasteiger partial charge in [0.2, 0.25) is 0 Å². The van der Waals surface area contributed by atoms with E-state index < -0.39 is 67.3 Å². The molecule has 1 aliphatic rings. The van der Waals surface area contributed by atoms with Crippen molar-refractivity contribution in [3.05, 3.63) is 72.9 Å². The molecule has 0 aromatic rings. The number of esters is 3. The number of hydrogen-bond donors (Lipinski definition) is 3. The molecule has 0 bridgehead atoms. The van der Waals surface area contributed by atoms with Gasteiger partial charge in [0.25, 0.3) is 0 Å². The maximum atomic E-state index is 13.1. The van der Waals surface area contributed by atoms with Crippen LogP contribution in [0.5, 0.6) is 0 Å². The van der Waals surface area contributed by atoms with Gasteiger partial charge < -0.3 is 39.0 Å². The molecule has 6 atom stereocenters. The van der Waals surface area contributed by atoms with Crippen molar-refractivity contribution in [2.75, 3.05) is 13.2 Å². The summed E-state index contributed by atoms with van der Waals surface area (Å²) in [6, 6.07) is 0. The molecule has 0 spiro atoms. The lowest BCUT2D eigenvalue weighted by Gasteiger charge is -2.40. The average molecular weight is 1060 g/mol. The van der Waals surface area contributed by atoms with Crippen LogP contribution in [0, 0.1) is 0 Å². The van der Waals surface area contributed by atoms with Gasteiger partial charge in [-0.05, 0) is 109 Å². The number of aliphatic hydroxyl groups excluding tert-OH is 2. The van der Waals surface area contributed by atoms with Crippen LogP contribution in [0.25, 0.3) is 0 Å². The Morgan fingerprint density at radius 1 is 0.453 bits per heavy atom. The van der Waals surface area contributed by atoms with Gasteiger partial charge in [0.05, 0.1) is 6.61 Å². The predicted molar refractivity (Wildman–Crippen MR) is 303 cm³/mol. The van der Waals surface area contributed by atoms with Gasteiger partial charge in [-0.15, -0.1) is 0 Å². The van der Waals surface area contributed by atoms with Crippen LogP contribution in [0.3, 0.4) is 0 Å². The molecule has 0 saturated carbocycles. The summed E-state index contributed by atoms with van der Waals surface area (Å²) in [6.07, 6.45) is 51.6. The quantitative estimate of drug-likeness (QED) is 0.0228. The van der Waals surface area contributed by atoms with Crippen LogP contribution in [0.1, 0.15) is 252 Å². The summed E-state index contributed by atoms with van der Waals surface area (Å²) in [7, 11) is 0. The Labute approximate surface area is 455 Å². The Bertz CT molecular complexity index is 1580. The zero-order valence-corrected chi connectivity index (χ0v) is 47.3. The first kappa shape index (κ1) is 69.2. The van der Waals surface area contributed by atoms with Crippen molar-refractivity contribution in [3.8, 4) is 0 Å². The first-order chi connectivity index (χ1) is 36.6. The highest BCUT2D eigenvalue weighted by Gasteiger charge is 2.50. The Morgan fingerprint density at radius 2 is 0.840 bits per heavy atom. The molecule has 0 amide bonds. The topological polar surface area (TPSA) is 175 Å². The zero-order valence-electron chi connectivity index (χ0n) is 47.3. The van der Waals surface area contributed by atoms with Gasteiger partial charge in [0.15, 0.2) is 24.6 Å². The standard InChI is InChI=1S/C63H106O12/c1-4-7-10-13-16-19-22-25-27-28-30-32-34-37-40-43-46-49-55(64)71-52-54(73-56(65)50-47-44-41-38-35-31-24-21-18-15-12-9-6-3)53-72-63-61(59(68)58(67)60(75-63)62(69)70)74-57(66)51-48-45-42-39-36-33-29-26-23-20-17-14-11-8-5-2/h9,12,16,18-19,21,25-27,29,31,35,54,58-61,63,67-68H,4-8,10-11,13-15,17,20,22-24,28,30,32-34,36-53H2,1-3H3,(H,69,70)/b12-9-,19-16-,21-18-,27-25-,29-26-,35-31-. The van der Waals surface area contributed by atoms with Crippen molar-refractivity contribution in [2.45, 2.75) is 289 Å². The van der Waals surface area contributed by atoms with Crippen molar-refractivity contribution in [2.24, 2.45) is 0 Å². The second-order valence-electron chi connectivity index (χ2n) is 20.2. The monoisotopic (exact) mass is 1050 g/mol. The molecule has 0 aromatic heterocycles. The minimum Gasteiger partial charge on any atom is -0.479 e. The fourth-order valence-electron chi connectivity index (χ4n) is 8.64. The third kappa shape index (κ3) is 41.0. The molecule has 6 unspecified atom stereocenters. The minimum atomic E-state index is -1.91. The van der Waals surface area contributed by atoms with E-state index in [9.17, 15) is 34.5 Å². The summed E-state index contributed by atoms with van der Waals surface area (Å²) in [5.74, 6) is -3.18. The molecule has 1 aliphatic heterocycles. The number of carboxylic acids is 1. The van der Waals surface area contributed by atoms with Crippen molar-refractivity contribution in [1.29, 1.82) is 0 Å². The molecule has 75 heavy (non-hydrogen) atoms. The Balaban J connectivity index is 2.70. The summed E-state index contributed by atoms with van der Waals surface area (Å²) >= 11 is 0. The summed E-state index contributed by atoms with van der Waals surface area (Å²) in [5.41, 5.74) is 0. The second-order valence-corrected chi connectivity index (χ2v) is 20.2. The number of allylic oxidation sites excluding steroid dienone is 12. The molecule has 0 aromatic carbocycles. The van der Waals surface area contributed by atoms with Crippen molar-refractivity contribution < 1.29 is 58.2 Å². The molecular formula is C63H106O12. The molecule has 12 heteroatoms. The van der Waals surface area contributed by atoms with Crippen LogP contribution in [0.2, 0.25) is 0 Å². The molecule has 12 nitrogen and oxygen atoms in total. The van der Waals surface area contributed by atoms with Crippen LogP contribution in [-0.4, -0.2) is 89.2 Å². The first-order valence-corrected chi connectivity index (χ1v) is 29.9. The third-order valence-electron chi connectivity index (χ3n) is 13.2. The normalized spacial score (nSPS) is 18.7. The molecule has 430 valence electrons. The molecule has 1 heterocycles. The van der Waals surface area contributed by atoms with Gasteiger partial charge in [0.1, 0.15) is 18.8 Å². The summed E-state index contributed by atoms with van der Waals surface area (Å²) in [4.78, 5) is 51.1. The van der Waals surface area contributed by atoms with E-state index in [1.165, 1.54) is 77.0 Å². The van der Waals surface area contributed by atoms with Crippen LogP contribution < -0.4 is 0 Å². The number of carbonyl (C=O) groups is 4. The molecule has 0 aliphatic carbocycles. The van der Waals surface area contributed by atoms with Crippen LogP contribution in [-0.2, 0) is 42.9 Å². The first-order valence-electron chi connectivity index (χ1n) is 29.9. The number of carbonyl (C=O) groups excluding carboxylic acids is 3. The Morgan fingerprint density at radius 3 is 1.33 bits per heavy atom. The maximum absolute atomic E-state index is 13.1. The maximum Gasteiger partial charge on any atom is 0.335 e. The number of unbranched alkanes of at least 4 members (excludes halogenated alkanes) is 24. The van der Waals surface area contributed by atoms with Crippen LogP contribution in [0.4, 0.5) is 0 Å². The second kappa shape index (κ2) is 50.9. The van der Waals surface area contributed by atoms with E-state index in [-0.39, 0.29) is 25.9 Å². The third-order valence-corrected chi connectivity index (χ3v) is 13.2. The molecule has 1 fully saturated rings. The van der Waals surface area contributed by atoms with Gasteiger partial charge >= 0.3 is 23.9 Å². The van der Waals surface area contributed by atoms with Crippen LogP contribution >= 0.6 is 0 Å². The summed E-state index contributed by atoms with van der Waals surface area (Å²) in [5, 5.41) is 31.5. The number of ether oxygens (including phenoxy) is 5. The number of rotatable bonds is 50. The minimum absolute atomic E-state index is 0.0448. The van der Waals surface area contributed by atoms with Gasteiger partial charge in [0, 0.05) is 19.3 Å². The van der Waals surface area contributed by atoms with Crippen LogP contribution in [0.15, 0.2) is 72.9 Å². The Kier molecular flexibility index (Phi) is 47.0. The highest BCUT2D eigenvalue weighted by molar-refractivity contribution is 5.74. The van der Waals surface area contributed by atoms with Gasteiger partial charge in [-0.3, -0.25) is 14.4 Å². The fourth-order valence-corrected chi connectivity index (χ4v) is 8.64. The molecule has 1 rings (SSSR count). The van der Waals surface area contributed by atoms with Crippen molar-refractivity contribution >= 4 is 23.9 Å². The van der Waals surface area contributed by atoms with Crippen molar-refractivity contribution in [1.82, 2.24) is 0 Å². The van der Waals surface area contributed by atoms with E-state index in [4.69, 9.17) is 23.7 Å². The molecule has 3 N–H and O–H groups in total. The van der Waals surface area contributed by atoms with E-state index in [2.05, 4.69) is 93.7 Å². The average Bonchev–Trinajstić information content (AvgIpc) is 3.39. The largest absolute Gasteiger partial charge is 0.479 e. The summed E-state index contributed by atoms with van der Waals surface area (Å²) in [6.45, 7) is 5.81. The summed E-state index contributed by atoms with van der Waals surface area (Å²) < 4.78 is 28.4. The number of hydrogen-bond acceptors (Lipinski definition) is 11. The SMILES string of the molecule is CC/C=C\C/C=C\C/C=C\CCCCCC(=O)OC(COC(=O)CCCCCCCCC/C=C\C/C=C\CCCCC)COC1OC(C(=O)O)C(O)C(O)C1OC(=O)CCCCCCC/C=C\CCCCCCCC. The van der Waals surface area contributed by atoms with E-state index >= 15 is 0 Å². The lowest BCUT2D eigenvalue weighted by atomic mass is 9.98. The van der Waals surface area contributed by atoms with Gasteiger partial charge in [-0.2, -0.15) is 0 Å². The number of aliphatic hydroxyl groups is 2. The lowest BCUT2D eigenvalue weighted by Crippen LogP contribution is -2.61. The lowest BCUT2D eigenvalue weighted by molar-refractivity contribution is -0.301.